The second-order valence-electron chi connectivity index (χ2n) is 3.28. The Morgan fingerprint density at radius 1 is 1.14 bits per heavy atom. The van der Waals surface area contributed by atoms with E-state index in [-0.39, 0.29) is 0 Å². The van der Waals surface area contributed by atoms with Crippen molar-refractivity contribution in [3.8, 4) is 11.1 Å². The molecular weight excluding hydrogens is 176 g/mol. The first-order valence-corrected chi connectivity index (χ1v) is 4.42. The molecule has 0 heterocycles. The van der Waals surface area contributed by atoms with E-state index in [9.17, 15) is 4.79 Å². The van der Waals surface area contributed by atoms with E-state index >= 15 is 0 Å². The minimum absolute atomic E-state index is 0.383. The summed E-state index contributed by atoms with van der Waals surface area (Å²) in [5.74, 6) is -0.866. The summed E-state index contributed by atoms with van der Waals surface area (Å²) < 4.78 is 0. The minimum Gasteiger partial charge on any atom is -0.478 e. The van der Waals surface area contributed by atoms with E-state index in [1.807, 2.05) is 37.3 Å². The average Bonchev–Trinajstić information content (AvgIpc) is 2.38. The number of rotatable bonds is 1. The van der Waals surface area contributed by atoms with Crippen LogP contribution in [0.25, 0.3) is 11.1 Å². The maximum absolute atomic E-state index is 10.9. The Bertz CT molecular complexity index is 460. The summed E-state index contributed by atoms with van der Waals surface area (Å²) in [4.78, 5) is 10.9. The number of fused-ring (bicyclic) bond motifs is 1. The van der Waals surface area contributed by atoms with Crippen LogP contribution in [0.4, 0.5) is 0 Å². The van der Waals surface area contributed by atoms with E-state index in [1.54, 1.807) is 6.07 Å². The summed E-state index contributed by atoms with van der Waals surface area (Å²) in [6, 6.07) is 11.2. The maximum Gasteiger partial charge on any atom is 0.336 e. The molecule has 0 fully saturated rings. The lowest BCUT2D eigenvalue weighted by Crippen LogP contribution is -1.94. The van der Waals surface area contributed by atoms with Gasteiger partial charge < -0.3 is 5.11 Å². The Balaban J connectivity index is 2.76. The van der Waals surface area contributed by atoms with Crippen molar-refractivity contribution < 1.29 is 9.90 Å². The van der Waals surface area contributed by atoms with E-state index < -0.39 is 5.97 Å². The summed E-state index contributed by atoms with van der Waals surface area (Å²) in [7, 11) is 0. The molecule has 2 rings (SSSR count). The van der Waals surface area contributed by atoms with Gasteiger partial charge in [0.25, 0.3) is 0 Å². The Hall–Kier alpha value is -1.83. The van der Waals surface area contributed by atoms with Crippen molar-refractivity contribution in [3.63, 3.8) is 0 Å². The first-order valence-electron chi connectivity index (χ1n) is 4.42. The van der Waals surface area contributed by atoms with Crippen LogP contribution >= 0.6 is 0 Å². The second kappa shape index (κ2) is 3.14. The van der Waals surface area contributed by atoms with Gasteiger partial charge in [-0.2, -0.15) is 0 Å². The highest BCUT2D eigenvalue weighted by Crippen LogP contribution is 2.30. The van der Waals surface area contributed by atoms with E-state index in [2.05, 4.69) is 0 Å². The SMILES string of the molecule is Cc1cc(C(=O)O)c2cccccc1-2. The second-order valence-corrected chi connectivity index (χ2v) is 3.28. The fourth-order valence-corrected chi connectivity index (χ4v) is 1.67. The Labute approximate surface area is 82.2 Å². The smallest absolute Gasteiger partial charge is 0.336 e. The lowest BCUT2D eigenvalue weighted by atomic mass is 10.1. The van der Waals surface area contributed by atoms with Crippen LogP contribution in [0.3, 0.4) is 0 Å². The highest BCUT2D eigenvalue weighted by molar-refractivity contribution is 5.98. The van der Waals surface area contributed by atoms with Crippen LogP contribution in [-0.4, -0.2) is 11.1 Å². The Morgan fingerprint density at radius 3 is 2.43 bits per heavy atom. The summed E-state index contributed by atoms with van der Waals surface area (Å²) in [5, 5.41) is 8.98. The van der Waals surface area contributed by atoms with Crippen LogP contribution in [0.2, 0.25) is 0 Å². The summed E-state index contributed by atoms with van der Waals surface area (Å²) in [6.45, 7) is 1.93. The highest BCUT2D eigenvalue weighted by atomic mass is 16.4. The van der Waals surface area contributed by atoms with E-state index in [0.717, 1.165) is 16.7 Å². The van der Waals surface area contributed by atoms with Gasteiger partial charge in [0.05, 0.1) is 5.56 Å². The molecule has 1 N–H and O–H groups in total. The van der Waals surface area contributed by atoms with Crippen LogP contribution in [0.5, 0.6) is 0 Å². The standard InChI is InChI=1S/C12H10O2/c1-8-7-11(12(13)14)10-6-4-2-3-5-9(8)10/h2-7H,1H3,(H,13,14). The molecule has 0 radical (unpaired) electrons. The molecule has 0 saturated carbocycles. The lowest BCUT2D eigenvalue weighted by Gasteiger charge is -1.95. The van der Waals surface area contributed by atoms with Crippen molar-refractivity contribution in [1.29, 1.82) is 0 Å². The van der Waals surface area contributed by atoms with Gasteiger partial charge in [-0.25, -0.2) is 4.79 Å². The molecule has 0 unspecified atom stereocenters. The molecule has 2 nitrogen and oxygen atoms in total. The van der Waals surface area contributed by atoms with Crippen molar-refractivity contribution in [2.45, 2.75) is 6.92 Å². The van der Waals surface area contributed by atoms with Gasteiger partial charge in [0.15, 0.2) is 0 Å². The molecule has 0 aromatic carbocycles. The third-order valence-corrected chi connectivity index (χ3v) is 2.34. The molecule has 2 heteroatoms. The van der Waals surface area contributed by atoms with Crippen LogP contribution in [0.1, 0.15) is 15.9 Å². The van der Waals surface area contributed by atoms with Gasteiger partial charge in [-0.05, 0) is 29.7 Å². The van der Waals surface area contributed by atoms with Crippen molar-refractivity contribution in [2.75, 3.05) is 0 Å². The first-order chi connectivity index (χ1) is 6.70. The zero-order valence-electron chi connectivity index (χ0n) is 7.82. The molecule has 0 aromatic rings. The van der Waals surface area contributed by atoms with E-state index in [4.69, 9.17) is 5.11 Å². The number of carboxylic acid groups (broad SMARTS) is 1. The number of carboxylic acids is 1. The minimum atomic E-state index is -0.866. The number of aromatic carboxylic acids is 1. The quantitative estimate of drug-likeness (QED) is 0.743. The fraction of sp³-hybridized carbons (Fsp3) is 0.0833. The molecule has 70 valence electrons. The summed E-state index contributed by atoms with van der Waals surface area (Å²) in [6.07, 6.45) is 0. The van der Waals surface area contributed by atoms with Crippen molar-refractivity contribution in [2.24, 2.45) is 0 Å². The van der Waals surface area contributed by atoms with Gasteiger partial charge in [0.1, 0.15) is 0 Å². The molecule has 0 bridgehead atoms. The molecule has 0 amide bonds. The van der Waals surface area contributed by atoms with E-state index in [0.29, 0.717) is 5.56 Å². The van der Waals surface area contributed by atoms with Crippen molar-refractivity contribution in [3.05, 3.63) is 47.5 Å². The molecule has 14 heavy (non-hydrogen) atoms. The third-order valence-electron chi connectivity index (χ3n) is 2.34. The Morgan fingerprint density at radius 2 is 1.79 bits per heavy atom. The van der Waals surface area contributed by atoms with Gasteiger partial charge in [0, 0.05) is 0 Å². The molecule has 0 atom stereocenters. The van der Waals surface area contributed by atoms with Crippen molar-refractivity contribution >= 4 is 5.97 Å². The predicted molar refractivity (Wildman–Crippen MR) is 54.8 cm³/mol. The van der Waals surface area contributed by atoms with Crippen LogP contribution < -0.4 is 0 Å². The lowest BCUT2D eigenvalue weighted by molar-refractivity contribution is 0.0698. The van der Waals surface area contributed by atoms with Gasteiger partial charge in [-0.3, -0.25) is 0 Å². The monoisotopic (exact) mass is 186 g/mol. The zero-order valence-corrected chi connectivity index (χ0v) is 7.82. The van der Waals surface area contributed by atoms with E-state index in [1.165, 1.54) is 0 Å². The van der Waals surface area contributed by atoms with Crippen molar-refractivity contribution in [1.82, 2.24) is 0 Å². The Kier molecular flexibility index (Phi) is 1.97. The normalized spacial score (nSPS) is 10.4. The average molecular weight is 186 g/mol. The van der Waals surface area contributed by atoms with Crippen LogP contribution in [0.15, 0.2) is 36.4 Å². The summed E-state index contributed by atoms with van der Waals surface area (Å²) >= 11 is 0. The molecule has 2 aliphatic rings. The highest BCUT2D eigenvalue weighted by Gasteiger charge is 2.16. The topological polar surface area (TPSA) is 37.3 Å². The molecule has 0 aliphatic heterocycles. The van der Waals surface area contributed by atoms with Gasteiger partial charge in [-0.15, -0.1) is 0 Å². The first kappa shape index (κ1) is 8.75. The molecule has 0 aromatic heterocycles. The molecule has 2 aliphatic carbocycles. The molecular formula is C12H10O2. The molecule has 0 spiro atoms. The van der Waals surface area contributed by atoms with Crippen LogP contribution in [0, 0.1) is 6.92 Å². The zero-order chi connectivity index (χ0) is 10.1. The van der Waals surface area contributed by atoms with Gasteiger partial charge >= 0.3 is 5.97 Å². The number of hydrogen-bond acceptors (Lipinski definition) is 1. The molecule has 0 saturated heterocycles. The fourth-order valence-electron chi connectivity index (χ4n) is 1.67. The largest absolute Gasteiger partial charge is 0.478 e. The maximum atomic E-state index is 10.9. The van der Waals surface area contributed by atoms with Gasteiger partial charge in [0.2, 0.25) is 0 Å². The number of hydrogen-bond donors (Lipinski definition) is 1. The predicted octanol–water partition coefficient (Wildman–Crippen LogP) is 2.80. The van der Waals surface area contributed by atoms with Gasteiger partial charge in [-0.1, -0.05) is 30.3 Å². The number of carbonyl (C=O) groups is 1. The van der Waals surface area contributed by atoms with Crippen LogP contribution in [-0.2, 0) is 0 Å². The third kappa shape index (κ3) is 1.25. The summed E-state index contributed by atoms with van der Waals surface area (Å²) in [5.41, 5.74) is 3.20. The number of aryl methyl sites for hydroxylation is 1.